The lowest BCUT2D eigenvalue weighted by atomic mass is 10.0. The number of aromatic nitrogens is 2. The van der Waals surface area contributed by atoms with Gasteiger partial charge in [-0.3, -0.25) is 9.89 Å². The SMILES string of the molecule is COc1cccc(-c2[nH]ncc2C(=O)NC2CCN(c3ccccc3)CC2)c1. The van der Waals surface area contributed by atoms with Gasteiger partial charge in [-0.15, -0.1) is 0 Å². The number of hydrogen-bond acceptors (Lipinski definition) is 4. The first kappa shape index (κ1) is 18.1. The Labute approximate surface area is 164 Å². The van der Waals surface area contributed by atoms with Crippen LogP contribution in [0.1, 0.15) is 23.2 Å². The van der Waals surface area contributed by atoms with Crippen molar-refractivity contribution < 1.29 is 9.53 Å². The Morgan fingerprint density at radius 1 is 1.14 bits per heavy atom. The Hall–Kier alpha value is -3.28. The molecule has 144 valence electrons. The second-order valence-electron chi connectivity index (χ2n) is 6.96. The van der Waals surface area contributed by atoms with Crippen LogP contribution in [0.15, 0.2) is 60.8 Å². The van der Waals surface area contributed by atoms with Crippen molar-refractivity contribution in [1.82, 2.24) is 15.5 Å². The zero-order valence-corrected chi connectivity index (χ0v) is 15.9. The standard InChI is InChI=1S/C22H24N4O2/c1-28-19-9-5-6-16(14-19)21-20(15-23-25-21)22(27)24-17-10-12-26(13-11-17)18-7-3-2-4-8-18/h2-9,14-15,17H,10-13H2,1H3,(H,23,25)(H,24,27). The molecule has 1 aliphatic heterocycles. The second-order valence-corrected chi connectivity index (χ2v) is 6.96. The van der Waals surface area contributed by atoms with Gasteiger partial charge in [0.15, 0.2) is 0 Å². The minimum Gasteiger partial charge on any atom is -0.497 e. The van der Waals surface area contributed by atoms with Crippen molar-refractivity contribution in [3.8, 4) is 17.0 Å². The molecule has 2 aromatic carbocycles. The molecule has 1 saturated heterocycles. The van der Waals surface area contributed by atoms with Gasteiger partial charge in [-0.1, -0.05) is 30.3 Å². The van der Waals surface area contributed by atoms with Crippen molar-refractivity contribution in [2.75, 3.05) is 25.1 Å². The molecule has 6 heteroatoms. The number of nitrogens with one attached hydrogen (secondary N) is 2. The van der Waals surface area contributed by atoms with Crippen LogP contribution in [0.5, 0.6) is 5.75 Å². The number of piperidine rings is 1. The van der Waals surface area contributed by atoms with E-state index < -0.39 is 0 Å². The van der Waals surface area contributed by atoms with Gasteiger partial charge in [0.2, 0.25) is 0 Å². The molecule has 1 aromatic heterocycles. The maximum absolute atomic E-state index is 12.9. The molecule has 6 nitrogen and oxygen atoms in total. The van der Waals surface area contributed by atoms with Crippen LogP contribution in [-0.2, 0) is 0 Å². The van der Waals surface area contributed by atoms with E-state index in [0.717, 1.165) is 37.2 Å². The second kappa shape index (κ2) is 8.17. The zero-order valence-electron chi connectivity index (χ0n) is 15.9. The number of H-pyrrole nitrogens is 1. The maximum Gasteiger partial charge on any atom is 0.255 e. The average molecular weight is 376 g/mol. The lowest BCUT2D eigenvalue weighted by Gasteiger charge is -2.34. The van der Waals surface area contributed by atoms with Crippen LogP contribution in [0, 0.1) is 0 Å². The molecule has 2 N–H and O–H groups in total. The smallest absolute Gasteiger partial charge is 0.255 e. The zero-order chi connectivity index (χ0) is 19.3. The van der Waals surface area contributed by atoms with E-state index >= 15 is 0 Å². The minimum atomic E-state index is -0.0928. The number of ether oxygens (including phenoxy) is 1. The number of amides is 1. The molecule has 4 rings (SSSR count). The minimum absolute atomic E-state index is 0.0928. The summed E-state index contributed by atoms with van der Waals surface area (Å²) in [7, 11) is 1.63. The predicted molar refractivity (Wildman–Crippen MR) is 110 cm³/mol. The number of carbonyl (C=O) groups is 1. The first-order valence-electron chi connectivity index (χ1n) is 9.53. The Kier molecular flexibility index (Phi) is 5.28. The molecular formula is C22H24N4O2. The van der Waals surface area contributed by atoms with Gasteiger partial charge in [-0.2, -0.15) is 5.10 Å². The Morgan fingerprint density at radius 3 is 2.68 bits per heavy atom. The fourth-order valence-corrected chi connectivity index (χ4v) is 3.64. The van der Waals surface area contributed by atoms with E-state index in [1.54, 1.807) is 13.3 Å². The highest BCUT2D eigenvalue weighted by Crippen LogP contribution is 2.25. The summed E-state index contributed by atoms with van der Waals surface area (Å²) in [5, 5.41) is 10.2. The van der Waals surface area contributed by atoms with Crippen LogP contribution < -0.4 is 15.0 Å². The Balaban J connectivity index is 1.41. The van der Waals surface area contributed by atoms with E-state index in [1.807, 2.05) is 30.3 Å². The normalized spacial score (nSPS) is 14.7. The monoisotopic (exact) mass is 376 g/mol. The summed E-state index contributed by atoms with van der Waals surface area (Å²) >= 11 is 0. The number of aromatic amines is 1. The van der Waals surface area contributed by atoms with Crippen LogP contribution in [0.3, 0.4) is 0 Å². The highest BCUT2D eigenvalue weighted by Gasteiger charge is 2.23. The lowest BCUT2D eigenvalue weighted by molar-refractivity contribution is 0.0932. The Bertz CT molecular complexity index is 930. The Morgan fingerprint density at radius 2 is 1.93 bits per heavy atom. The summed E-state index contributed by atoms with van der Waals surface area (Å²) in [5.74, 6) is 0.650. The van der Waals surface area contributed by atoms with Crippen molar-refractivity contribution in [1.29, 1.82) is 0 Å². The number of hydrogen-bond donors (Lipinski definition) is 2. The van der Waals surface area contributed by atoms with E-state index in [0.29, 0.717) is 11.3 Å². The topological polar surface area (TPSA) is 70.2 Å². The van der Waals surface area contributed by atoms with E-state index in [1.165, 1.54) is 5.69 Å². The quantitative estimate of drug-likeness (QED) is 0.715. The van der Waals surface area contributed by atoms with E-state index in [-0.39, 0.29) is 11.9 Å². The fourth-order valence-electron chi connectivity index (χ4n) is 3.64. The lowest BCUT2D eigenvalue weighted by Crippen LogP contribution is -2.44. The summed E-state index contributed by atoms with van der Waals surface area (Å²) in [6.07, 6.45) is 3.43. The summed E-state index contributed by atoms with van der Waals surface area (Å²) in [6, 6.07) is 18.2. The summed E-state index contributed by atoms with van der Waals surface area (Å²) in [6.45, 7) is 1.87. The molecule has 0 bridgehead atoms. The van der Waals surface area contributed by atoms with Crippen molar-refractivity contribution in [2.45, 2.75) is 18.9 Å². The highest BCUT2D eigenvalue weighted by molar-refractivity contribution is 6.00. The molecule has 0 radical (unpaired) electrons. The van der Waals surface area contributed by atoms with Gasteiger partial charge in [0.1, 0.15) is 5.75 Å². The molecule has 2 heterocycles. The first-order valence-corrected chi connectivity index (χ1v) is 9.53. The third-order valence-electron chi connectivity index (χ3n) is 5.19. The van der Waals surface area contributed by atoms with Crippen LogP contribution in [-0.4, -0.2) is 42.3 Å². The number of carbonyl (C=O) groups excluding carboxylic acids is 1. The third-order valence-corrected chi connectivity index (χ3v) is 5.19. The van der Waals surface area contributed by atoms with Gasteiger partial charge in [0.05, 0.1) is 24.6 Å². The third kappa shape index (κ3) is 3.86. The van der Waals surface area contributed by atoms with Gasteiger partial charge in [-0.05, 0) is 37.1 Å². The molecule has 1 fully saturated rings. The summed E-state index contributed by atoms with van der Waals surface area (Å²) < 4.78 is 5.28. The van der Waals surface area contributed by atoms with Crippen molar-refractivity contribution >= 4 is 11.6 Å². The number of methoxy groups -OCH3 is 1. The highest BCUT2D eigenvalue weighted by atomic mass is 16.5. The van der Waals surface area contributed by atoms with Gasteiger partial charge in [0.25, 0.3) is 5.91 Å². The average Bonchev–Trinajstić information content (AvgIpc) is 3.25. The number of rotatable bonds is 5. The van der Waals surface area contributed by atoms with Gasteiger partial charge < -0.3 is 15.0 Å². The molecule has 0 spiro atoms. The van der Waals surface area contributed by atoms with Crippen LogP contribution in [0.2, 0.25) is 0 Å². The maximum atomic E-state index is 12.9. The van der Waals surface area contributed by atoms with Crippen molar-refractivity contribution in [3.63, 3.8) is 0 Å². The molecule has 1 aliphatic rings. The summed E-state index contributed by atoms with van der Waals surface area (Å²) in [4.78, 5) is 15.2. The van der Waals surface area contributed by atoms with Crippen molar-refractivity contribution in [3.05, 3.63) is 66.4 Å². The molecule has 0 saturated carbocycles. The molecule has 3 aromatic rings. The number of nitrogens with zero attached hydrogens (tertiary/aromatic N) is 2. The summed E-state index contributed by atoms with van der Waals surface area (Å²) in [5.41, 5.74) is 3.38. The predicted octanol–water partition coefficient (Wildman–Crippen LogP) is 3.48. The number of para-hydroxylation sites is 1. The van der Waals surface area contributed by atoms with E-state index in [4.69, 9.17) is 4.74 Å². The first-order chi connectivity index (χ1) is 13.7. The number of benzene rings is 2. The largest absolute Gasteiger partial charge is 0.497 e. The molecular weight excluding hydrogens is 352 g/mol. The van der Waals surface area contributed by atoms with Crippen LogP contribution in [0.25, 0.3) is 11.3 Å². The molecule has 28 heavy (non-hydrogen) atoms. The van der Waals surface area contributed by atoms with Crippen LogP contribution >= 0.6 is 0 Å². The molecule has 0 unspecified atom stereocenters. The fraction of sp³-hybridized carbons (Fsp3) is 0.273. The van der Waals surface area contributed by atoms with Gasteiger partial charge in [0, 0.05) is 30.4 Å². The van der Waals surface area contributed by atoms with Crippen molar-refractivity contribution in [2.24, 2.45) is 0 Å². The van der Waals surface area contributed by atoms with E-state index in [9.17, 15) is 4.79 Å². The molecule has 0 aliphatic carbocycles. The van der Waals surface area contributed by atoms with Crippen LogP contribution in [0.4, 0.5) is 5.69 Å². The number of anilines is 1. The van der Waals surface area contributed by atoms with E-state index in [2.05, 4.69) is 44.7 Å². The van der Waals surface area contributed by atoms with Gasteiger partial charge in [-0.25, -0.2) is 0 Å². The molecule has 1 amide bonds. The van der Waals surface area contributed by atoms with Gasteiger partial charge >= 0.3 is 0 Å². The molecule has 0 atom stereocenters.